The van der Waals surface area contributed by atoms with Gasteiger partial charge in [-0.05, 0) is 73.1 Å². The van der Waals surface area contributed by atoms with Crippen LogP contribution in [0, 0.1) is 11.6 Å². The first-order valence-corrected chi connectivity index (χ1v) is 11.6. The predicted molar refractivity (Wildman–Crippen MR) is 134 cm³/mol. The van der Waals surface area contributed by atoms with Gasteiger partial charge in [0.25, 0.3) is 5.89 Å². The molecule has 0 bridgehead atoms. The molecule has 1 atom stereocenters. The molecule has 176 valence electrons. The summed E-state index contributed by atoms with van der Waals surface area (Å²) in [5.74, 6) is -0.000268. The van der Waals surface area contributed by atoms with Crippen LogP contribution in [0.1, 0.15) is 30.0 Å². The quantitative estimate of drug-likeness (QED) is 0.340. The smallest absolute Gasteiger partial charge is 0.258 e. The highest BCUT2D eigenvalue weighted by atomic mass is 32.1. The Kier molecular flexibility index (Phi) is 6.37. The summed E-state index contributed by atoms with van der Waals surface area (Å²) in [6.07, 6.45) is 0.791. The second-order valence-corrected chi connectivity index (χ2v) is 8.64. The molecule has 1 N–H and O–H groups in total. The van der Waals surface area contributed by atoms with Crippen molar-refractivity contribution in [3.8, 4) is 11.4 Å². The average Bonchev–Trinajstić information content (AvgIpc) is 3.35. The van der Waals surface area contributed by atoms with Gasteiger partial charge in [-0.25, -0.2) is 8.78 Å². The number of allylic oxidation sites excluding steroid dienone is 1. The molecule has 0 spiro atoms. The molecule has 8 heteroatoms. The fourth-order valence-corrected chi connectivity index (χ4v) is 4.51. The molecule has 5 rings (SSSR count). The Labute approximate surface area is 207 Å². The fourth-order valence-electron chi connectivity index (χ4n) is 4.17. The largest absolute Gasteiger partial charge is 0.351 e. The maximum absolute atomic E-state index is 13.6. The van der Waals surface area contributed by atoms with E-state index in [2.05, 4.69) is 27.6 Å². The van der Waals surface area contributed by atoms with Crippen LogP contribution < -0.4 is 5.32 Å². The van der Waals surface area contributed by atoms with E-state index in [1.165, 1.54) is 29.8 Å². The highest BCUT2D eigenvalue weighted by Gasteiger charge is 2.34. The van der Waals surface area contributed by atoms with Crippen LogP contribution in [0.3, 0.4) is 0 Å². The minimum absolute atomic E-state index is 0.316. The maximum Gasteiger partial charge on any atom is 0.258 e. The lowest BCUT2D eigenvalue weighted by molar-refractivity contribution is 0.397. The van der Waals surface area contributed by atoms with Crippen LogP contribution >= 0.6 is 12.2 Å². The summed E-state index contributed by atoms with van der Waals surface area (Å²) in [5, 5.41) is 8.06. The number of aromatic nitrogens is 2. The van der Waals surface area contributed by atoms with Crippen molar-refractivity contribution in [1.82, 2.24) is 20.4 Å². The van der Waals surface area contributed by atoms with Crippen LogP contribution in [0.4, 0.5) is 8.78 Å². The molecule has 1 unspecified atom stereocenters. The zero-order valence-corrected chi connectivity index (χ0v) is 19.7. The molecule has 1 aromatic heterocycles. The number of halogens is 2. The zero-order valence-electron chi connectivity index (χ0n) is 18.9. The van der Waals surface area contributed by atoms with Crippen LogP contribution in [-0.2, 0) is 6.42 Å². The lowest BCUT2D eigenvalue weighted by atomic mass is 9.94. The lowest BCUT2D eigenvalue weighted by Crippen LogP contribution is -2.46. The Balaban J connectivity index is 1.54. The Morgan fingerprint density at radius 3 is 2.29 bits per heavy atom. The SMILES string of the molecule is CC1=C(c2nc(-c3ccc(F)cc3)no2)C(c2ccc(F)cc2)NC(=S)N1CCc1ccccc1. The van der Waals surface area contributed by atoms with Crippen molar-refractivity contribution in [3.05, 3.63) is 113 Å². The number of hydrogen-bond acceptors (Lipinski definition) is 4. The second kappa shape index (κ2) is 9.76. The molecule has 2 heterocycles. The third-order valence-electron chi connectivity index (χ3n) is 6.03. The third kappa shape index (κ3) is 4.83. The summed E-state index contributed by atoms with van der Waals surface area (Å²) >= 11 is 5.72. The van der Waals surface area contributed by atoms with Crippen molar-refractivity contribution in [2.24, 2.45) is 0 Å². The van der Waals surface area contributed by atoms with Gasteiger partial charge in [-0.15, -0.1) is 0 Å². The minimum atomic E-state index is -0.405. The summed E-state index contributed by atoms with van der Waals surface area (Å²) < 4.78 is 32.7. The Morgan fingerprint density at radius 2 is 1.60 bits per heavy atom. The molecule has 0 radical (unpaired) electrons. The number of hydrogen-bond donors (Lipinski definition) is 1. The van der Waals surface area contributed by atoms with Gasteiger partial charge in [0.05, 0.1) is 11.6 Å². The molecule has 3 aromatic carbocycles. The van der Waals surface area contributed by atoms with Crippen LogP contribution in [0.5, 0.6) is 0 Å². The van der Waals surface area contributed by atoms with Gasteiger partial charge in [0.2, 0.25) is 5.82 Å². The van der Waals surface area contributed by atoms with Gasteiger partial charge in [0, 0.05) is 17.8 Å². The van der Waals surface area contributed by atoms with E-state index in [9.17, 15) is 8.78 Å². The Morgan fingerprint density at radius 1 is 0.943 bits per heavy atom. The van der Waals surface area contributed by atoms with Crippen LogP contribution in [0.2, 0.25) is 0 Å². The predicted octanol–water partition coefficient (Wildman–Crippen LogP) is 5.92. The highest BCUT2D eigenvalue weighted by Crippen LogP contribution is 2.37. The van der Waals surface area contributed by atoms with Crippen LogP contribution in [0.25, 0.3) is 17.0 Å². The van der Waals surface area contributed by atoms with Gasteiger partial charge in [0.1, 0.15) is 11.6 Å². The van der Waals surface area contributed by atoms with Crippen LogP contribution in [0.15, 0.2) is 89.1 Å². The van der Waals surface area contributed by atoms with E-state index in [1.54, 1.807) is 24.3 Å². The van der Waals surface area contributed by atoms with Crippen LogP contribution in [-0.4, -0.2) is 26.7 Å². The number of nitrogens with zero attached hydrogens (tertiary/aromatic N) is 3. The van der Waals surface area contributed by atoms with Gasteiger partial charge < -0.3 is 14.7 Å². The average molecular weight is 489 g/mol. The molecular formula is C27H22F2N4OS. The van der Waals surface area contributed by atoms with E-state index in [0.29, 0.717) is 28.9 Å². The maximum atomic E-state index is 13.6. The third-order valence-corrected chi connectivity index (χ3v) is 6.36. The van der Waals surface area contributed by atoms with Gasteiger partial charge >= 0.3 is 0 Å². The molecule has 5 nitrogen and oxygen atoms in total. The summed E-state index contributed by atoms with van der Waals surface area (Å²) in [5.41, 5.74) is 4.26. The molecule has 35 heavy (non-hydrogen) atoms. The monoisotopic (exact) mass is 488 g/mol. The van der Waals surface area contributed by atoms with E-state index in [0.717, 1.165) is 23.3 Å². The van der Waals surface area contributed by atoms with Gasteiger partial charge in [-0.3, -0.25) is 0 Å². The Hall–Kier alpha value is -3.91. The second-order valence-electron chi connectivity index (χ2n) is 8.25. The lowest BCUT2D eigenvalue weighted by Gasteiger charge is -2.37. The first kappa shape index (κ1) is 22.9. The van der Waals surface area contributed by atoms with E-state index in [1.807, 2.05) is 30.0 Å². The van der Waals surface area contributed by atoms with Crippen molar-refractivity contribution in [1.29, 1.82) is 0 Å². The normalized spacial score (nSPS) is 15.9. The van der Waals surface area contributed by atoms with Gasteiger partial charge in [0.15, 0.2) is 5.11 Å². The van der Waals surface area contributed by atoms with Crippen molar-refractivity contribution in [3.63, 3.8) is 0 Å². The topological polar surface area (TPSA) is 54.2 Å². The molecule has 0 aliphatic carbocycles. The van der Waals surface area contributed by atoms with Crippen molar-refractivity contribution < 1.29 is 13.3 Å². The zero-order chi connectivity index (χ0) is 24.4. The van der Waals surface area contributed by atoms with E-state index < -0.39 is 6.04 Å². The van der Waals surface area contributed by atoms with Gasteiger partial charge in [-0.1, -0.05) is 47.6 Å². The minimum Gasteiger partial charge on any atom is -0.351 e. The number of rotatable bonds is 6. The molecule has 0 saturated heterocycles. The van der Waals surface area contributed by atoms with E-state index in [4.69, 9.17) is 16.7 Å². The summed E-state index contributed by atoms with van der Waals surface area (Å²) in [7, 11) is 0. The number of thiocarbonyl (C=S) groups is 1. The molecule has 1 aliphatic rings. The van der Waals surface area contributed by atoms with Crippen molar-refractivity contribution in [2.45, 2.75) is 19.4 Å². The summed E-state index contributed by atoms with van der Waals surface area (Å²) in [4.78, 5) is 6.63. The summed E-state index contributed by atoms with van der Waals surface area (Å²) in [6, 6.07) is 21.9. The molecule has 4 aromatic rings. The Bertz CT molecular complexity index is 1370. The molecule has 0 saturated carbocycles. The van der Waals surface area contributed by atoms with Gasteiger partial charge in [-0.2, -0.15) is 4.98 Å². The molecule has 0 fully saturated rings. The molecule has 0 amide bonds. The van der Waals surface area contributed by atoms with E-state index in [-0.39, 0.29) is 11.6 Å². The molecular weight excluding hydrogens is 466 g/mol. The van der Waals surface area contributed by atoms with Crippen molar-refractivity contribution >= 4 is 22.9 Å². The standard InChI is InChI=1S/C27H22F2N4OS/c1-17-23(26-31-25(32-34-26)20-9-13-22(29)14-10-20)24(19-7-11-21(28)12-8-19)30-27(35)33(17)16-15-18-5-3-2-4-6-18/h2-14,24H,15-16H2,1H3,(H,30,35). The fraction of sp³-hybridized carbons (Fsp3) is 0.148. The highest BCUT2D eigenvalue weighted by molar-refractivity contribution is 7.80. The van der Waals surface area contributed by atoms with Crippen molar-refractivity contribution in [2.75, 3.05) is 6.54 Å². The first-order chi connectivity index (χ1) is 17.0. The first-order valence-electron chi connectivity index (χ1n) is 11.2. The number of nitrogens with one attached hydrogen (secondary N) is 1. The summed E-state index contributed by atoms with van der Waals surface area (Å²) in [6.45, 7) is 2.62. The molecule has 1 aliphatic heterocycles. The van der Waals surface area contributed by atoms with E-state index >= 15 is 0 Å². The number of benzene rings is 3.